The average molecular weight is 383 g/mol. The van der Waals surface area contributed by atoms with E-state index in [1.54, 1.807) is 0 Å². The van der Waals surface area contributed by atoms with E-state index in [1.807, 2.05) is 44.2 Å². The van der Waals surface area contributed by atoms with Gasteiger partial charge < -0.3 is 14.8 Å². The van der Waals surface area contributed by atoms with E-state index in [0.717, 1.165) is 44.2 Å². The predicted octanol–water partition coefficient (Wildman–Crippen LogP) is 3.30. The fraction of sp³-hybridized carbons (Fsp3) is 0.435. The van der Waals surface area contributed by atoms with Crippen LogP contribution in [0.25, 0.3) is 0 Å². The number of carbonyl (C=O) groups is 1. The molecule has 28 heavy (non-hydrogen) atoms. The highest BCUT2D eigenvalue weighted by Gasteiger charge is 2.18. The van der Waals surface area contributed by atoms with Gasteiger partial charge in [0.05, 0.1) is 13.2 Å². The van der Waals surface area contributed by atoms with Gasteiger partial charge in [-0.05, 0) is 36.6 Å². The molecule has 0 radical (unpaired) electrons. The largest absolute Gasteiger partial charge is 0.481 e. The minimum atomic E-state index is -0.487. The van der Waals surface area contributed by atoms with Crippen molar-refractivity contribution >= 4 is 5.91 Å². The van der Waals surface area contributed by atoms with Gasteiger partial charge in [0.15, 0.2) is 6.10 Å². The molecule has 1 fully saturated rings. The summed E-state index contributed by atoms with van der Waals surface area (Å²) >= 11 is 0. The summed E-state index contributed by atoms with van der Waals surface area (Å²) in [6.45, 7) is 8.94. The number of nitrogens with one attached hydrogen (secondary N) is 1. The van der Waals surface area contributed by atoms with Crippen LogP contribution in [0.2, 0.25) is 0 Å². The molecule has 0 aromatic heterocycles. The van der Waals surface area contributed by atoms with Crippen LogP contribution in [0.3, 0.4) is 0 Å². The smallest absolute Gasteiger partial charge is 0.261 e. The third kappa shape index (κ3) is 6.08. The van der Waals surface area contributed by atoms with Crippen LogP contribution in [-0.4, -0.2) is 43.2 Å². The third-order valence-electron chi connectivity index (χ3n) is 4.93. The molecule has 0 saturated carbocycles. The Labute approximate surface area is 167 Å². The Morgan fingerprint density at radius 3 is 2.57 bits per heavy atom. The van der Waals surface area contributed by atoms with Gasteiger partial charge in [-0.25, -0.2) is 0 Å². The number of hydrogen-bond acceptors (Lipinski definition) is 4. The van der Waals surface area contributed by atoms with Crippen molar-refractivity contribution in [2.45, 2.75) is 39.5 Å². The summed E-state index contributed by atoms with van der Waals surface area (Å²) in [4.78, 5) is 15.0. The molecule has 5 heteroatoms. The van der Waals surface area contributed by atoms with E-state index in [2.05, 4.69) is 28.4 Å². The van der Waals surface area contributed by atoms with Crippen LogP contribution in [0.4, 0.5) is 0 Å². The number of hydrogen-bond donors (Lipinski definition) is 1. The van der Waals surface area contributed by atoms with E-state index in [9.17, 15) is 4.79 Å². The Balaban J connectivity index is 1.52. The lowest BCUT2D eigenvalue weighted by Crippen LogP contribution is -2.37. The SMILES string of the molecule is CCC(Oc1ccc(C)cc1)C(=O)NCc1cccc(CN2CCOCC2)c1. The van der Waals surface area contributed by atoms with Crippen molar-refractivity contribution in [3.05, 3.63) is 65.2 Å². The van der Waals surface area contributed by atoms with Crippen LogP contribution in [-0.2, 0) is 22.6 Å². The molecular weight excluding hydrogens is 352 g/mol. The highest BCUT2D eigenvalue weighted by molar-refractivity contribution is 5.81. The van der Waals surface area contributed by atoms with Crippen LogP contribution in [0.15, 0.2) is 48.5 Å². The van der Waals surface area contributed by atoms with Gasteiger partial charge in [0.25, 0.3) is 5.91 Å². The van der Waals surface area contributed by atoms with Crippen molar-refractivity contribution in [2.75, 3.05) is 26.3 Å². The molecule has 2 aromatic carbocycles. The van der Waals surface area contributed by atoms with Gasteiger partial charge in [-0.3, -0.25) is 9.69 Å². The molecule has 1 unspecified atom stereocenters. The van der Waals surface area contributed by atoms with Gasteiger partial charge >= 0.3 is 0 Å². The van der Waals surface area contributed by atoms with Crippen molar-refractivity contribution in [3.8, 4) is 5.75 Å². The Bertz CT molecular complexity index is 755. The summed E-state index contributed by atoms with van der Waals surface area (Å²) in [7, 11) is 0. The summed E-state index contributed by atoms with van der Waals surface area (Å²) in [6.07, 6.45) is 0.135. The average Bonchev–Trinajstić information content (AvgIpc) is 2.72. The van der Waals surface area contributed by atoms with Crippen molar-refractivity contribution in [1.29, 1.82) is 0 Å². The maximum absolute atomic E-state index is 12.6. The molecule has 1 N–H and O–H groups in total. The zero-order valence-electron chi connectivity index (χ0n) is 16.8. The first-order valence-electron chi connectivity index (χ1n) is 10.0. The lowest BCUT2D eigenvalue weighted by molar-refractivity contribution is -0.128. The summed E-state index contributed by atoms with van der Waals surface area (Å²) in [5.74, 6) is 0.641. The summed E-state index contributed by atoms with van der Waals surface area (Å²) < 4.78 is 11.3. The monoisotopic (exact) mass is 382 g/mol. The number of benzene rings is 2. The number of morpholine rings is 1. The predicted molar refractivity (Wildman–Crippen MR) is 110 cm³/mol. The molecule has 1 aliphatic rings. The zero-order valence-corrected chi connectivity index (χ0v) is 16.8. The molecule has 3 rings (SSSR count). The number of aryl methyl sites for hydroxylation is 1. The third-order valence-corrected chi connectivity index (χ3v) is 4.93. The van der Waals surface area contributed by atoms with Crippen LogP contribution >= 0.6 is 0 Å². The van der Waals surface area contributed by atoms with Crippen LogP contribution in [0.1, 0.15) is 30.0 Å². The highest BCUT2D eigenvalue weighted by atomic mass is 16.5. The van der Waals surface area contributed by atoms with Crippen molar-refractivity contribution in [1.82, 2.24) is 10.2 Å². The van der Waals surface area contributed by atoms with Gasteiger partial charge in [-0.1, -0.05) is 48.9 Å². The van der Waals surface area contributed by atoms with Crippen molar-refractivity contribution < 1.29 is 14.3 Å². The number of nitrogens with zero attached hydrogens (tertiary/aromatic N) is 1. The molecule has 1 saturated heterocycles. The van der Waals surface area contributed by atoms with Crippen LogP contribution in [0.5, 0.6) is 5.75 Å². The number of amides is 1. The maximum atomic E-state index is 12.6. The molecule has 1 amide bonds. The van der Waals surface area contributed by atoms with E-state index >= 15 is 0 Å². The van der Waals surface area contributed by atoms with Gasteiger partial charge in [-0.2, -0.15) is 0 Å². The first kappa shape index (κ1) is 20.4. The van der Waals surface area contributed by atoms with E-state index in [-0.39, 0.29) is 5.91 Å². The fourth-order valence-corrected chi connectivity index (χ4v) is 3.26. The van der Waals surface area contributed by atoms with Crippen molar-refractivity contribution in [2.24, 2.45) is 0 Å². The van der Waals surface area contributed by atoms with E-state index < -0.39 is 6.10 Å². The van der Waals surface area contributed by atoms with Crippen molar-refractivity contribution in [3.63, 3.8) is 0 Å². The van der Waals surface area contributed by atoms with Gasteiger partial charge in [0.2, 0.25) is 0 Å². The first-order chi connectivity index (χ1) is 13.6. The van der Waals surface area contributed by atoms with Crippen LogP contribution in [0, 0.1) is 6.92 Å². The molecule has 0 spiro atoms. The fourth-order valence-electron chi connectivity index (χ4n) is 3.26. The van der Waals surface area contributed by atoms with E-state index in [1.165, 1.54) is 11.1 Å². The minimum absolute atomic E-state index is 0.0818. The molecule has 1 aliphatic heterocycles. The molecule has 1 atom stereocenters. The summed E-state index contributed by atoms with van der Waals surface area (Å²) in [5, 5.41) is 3.01. The molecule has 150 valence electrons. The molecule has 5 nitrogen and oxygen atoms in total. The second-order valence-electron chi connectivity index (χ2n) is 7.25. The number of ether oxygens (including phenoxy) is 2. The molecular formula is C23H30N2O3. The normalized spacial score (nSPS) is 15.8. The number of rotatable bonds is 8. The van der Waals surface area contributed by atoms with E-state index in [0.29, 0.717) is 13.0 Å². The van der Waals surface area contributed by atoms with Crippen LogP contribution < -0.4 is 10.1 Å². The highest BCUT2D eigenvalue weighted by Crippen LogP contribution is 2.15. The lowest BCUT2D eigenvalue weighted by Gasteiger charge is -2.26. The lowest BCUT2D eigenvalue weighted by atomic mass is 10.1. The number of carbonyl (C=O) groups excluding carboxylic acids is 1. The minimum Gasteiger partial charge on any atom is -0.481 e. The molecule has 1 heterocycles. The Morgan fingerprint density at radius 1 is 1.14 bits per heavy atom. The standard InChI is InChI=1S/C23H30N2O3/c1-3-22(28-21-9-7-18(2)8-10-21)23(26)24-16-19-5-4-6-20(15-19)17-25-11-13-27-14-12-25/h4-10,15,22H,3,11-14,16-17H2,1-2H3,(H,24,26). The summed E-state index contributed by atoms with van der Waals surface area (Å²) in [6, 6.07) is 16.2. The Morgan fingerprint density at radius 2 is 1.86 bits per heavy atom. The summed E-state index contributed by atoms with van der Waals surface area (Å²) in [5.41, 5.74) is 3.53. The maximum Gasteiger partial charge on any atom is 0.261 e. The van der Waals surface area contributed by atoms with Gasteiger partial charge in [0.1, 0.15) is 5.75 Å². The first-order valence-corrected chi connectivity index (χ1v) is 10.0. The molecule has 2 aromatic rings. The Hall–Kier alpha value is -2.37. The zero-order chi connectivity index (χ0) is 19.8. The molecule has 0 aliphatic carbocycles. The topological polar surface area (TPSA) is 50.8 Å². The second-order valence-corrected chi connectivity index (χ2v) is 7.25. The van der Waals surface area contributed by atoms with E-state index in [4.69, 9.17) is 9.47 Å². The molecule has 0 bridgehead atoms. The second kappa shape index (κ2) is 10.2. The van der Waals surface area contributed by atoms with Gasteiger partial charge in [0, 0.05) is 26.2 Å². The quantitative estimate of drug-likeness (QED) is 0.761. The Kier molecular flexibility index (Phi) is 7.46. The van der Waals surface area contributed by atoms with Gasteiger partial charge in [-0.15, -0.1) is 0 Å².